The number of fused-ring (bicyclic) bond motifs is 1. The monoisotopic (exact) mass is 368 g/mol. The van der Waals surface area contributed by atoms with Crippen molar-refractivity contribution >= 4 is 31.8 Å². The van der Waals surface area contributed by atoms with Gasteiger partial charge in [0.15, 0.2) is 0 Å². The van der Waals surface area contributed by atoms with Crippen LogP contribution >= 0.6 is 15.9 Å². The Labute approximate surface area is 131 Å². The maximum absolute atomic E-state index is 12.7. The lowest BCUT2D eigenvalue weighted by Gasteiger charge is -2.18. The summed E-state index contributed by atoms with van der Waals surface area (Å²) >= 11 is 3.35. The van der Waals surface area contributed by atoms with Crippen LogP contribution in [0.3, 0.4) is 0 Å². The number of aromatic nitrogens is 1. The molecule has 0 N–H and O–H groups in total. The first-order valence-electron chi connectivity index (χ1n) is 6.33. The Hall–Kier alpha value is -1.60. The molecular weight excluding hydrogens is 356 g/mol. The number of benzene rings is 1. The van der Waals surface area contributed by atoms with Gasteiger partial charge in [0.2, 0.25) is 0 Å². The van der Waals surface area contributed by atoms with Crippen LogP contribution in [-0.2, 0) is 16.4 Å². The molecule has 1 aliphatic rings. The summed E-state index contributed by atoms with van der Waals surface area (Å²) in [5.41, 5.74) is 0.932. The standard InChI is InChI=1S/C14H13BrN2O3S/c1-20-12-2-4-13(5-3-12)21(18,19)17-7-6-10-8-11(15)9-16-14(10)17/h2-5,8-9H,6-7H2,1H3. The smallest absolute Gasteiger partial charge is 0.265 e. The van der Waals surface area contributed by atoms with Gasteiger partial charge in [-0.25, -0.2) is 17.7 Å². The van der Waals surface area contributed by atoms with Gasteiger partial charge in [-0.15, -0.1) is 0 Å². The number of hydrogen-bond acceptors (Lipinski definition) is 4. The number of pyridine rings is 1. The Balaban J connectivity index is 2.00. The minimum absolute atomic E-state index is 0.237. The molecule has 0 fully saturated rings. The van der Waals surface area contributed by atoms with Gasteiger partial charge in [-0.1, -0.05) is 0 Å². The Bertz CT molecular complexity index is 775. The number of anilines is 1. The molecule has 2 heterocycles. The van der Waals surface area contributed by atoms with E-state index in [-0.39, 0.29) is 4.90 Å². The van der Waals surface area contributed by atoms with E-state index in [1.807, 2.05) is 6.07 Å². The van der Waals surface area contributed by atoms with Gasteiger partial charge < -0.3 is 4.74 Å². The molecule has 7 heteroatoms. The molecule has 0 atom stereocenters. The van der Waals surface area contributed by atoms with E-state index in [1.165, 1.54) is 4.31 Å². The van der Waals surface area contributed by atoms with Crippen molar-refractivity contribution in [3.05, 3.63) is 46.6 Å². The normalized spacial score (nSPS) is 14.1. The topological polar surface area (TPSA) is 59.5 Å². The summed E-state index contributed by atoms with van der Waals surface area (Å²) in [6, 6.07) is 8.28. The molecule has 110 valence electrons. The zero-order valence-electron chi connectivity index (χ0n) is 11.3. The number of halogens is 1. The Morgan fingerprint density at radius 2 is 2.00 bits per heavy atom. The van der Waals surface area contributed by atoms with E-state index in [9.17, 15) is 8.42 Å². The average molecular weight is 369 g/mol. The molecule has 0 aliphatic carbocycles. The van der Waals surface area contributed by atoms with Crippen molar-refractivity contribution < 1.29 is 13.2 Å². The molecule has 0 unspecified atom stereocenters. The number of ether oxygens (including phenoxy) is 1. The van der Waals surface area contributed by atoms with Crippen LogP contribution in [0, 0.1) is 0 Å². The third-order valence-electron chi connectivity index (χ3n) is 3.38. The van der Waals surface area contributed by atoms with Crippen LogP contribution in [0.1, 0.15) is 5.56 Å². The van der Waals surface area contributed by atoms with Crippen molar-refractivity contribution in [2.24, 2.45) is 0 Å². The molecule has 0 saturated heterocycles. The highest BCUT2D eigenvalue weighted by Gasteiger charge is 2.32. The van der Waals surface area contributed by atoms with Crippen molar-refractivity contribution in [1.29, 1.82) is 0 Å². The summed E-state index contributed by atoms with van der Waals surface area (Å²) < 4.78 is 32.7. The summed E-state index contributed by atoms with van der Waals surface area (Å²) in [5, 5.41) is 0. The van der Waals surface area contributed by atoms with Crippen molar-refractivity contribution in [2.45, 2.75) is 11.3 Å². The van der Waals surface area contributed by atoms with E-state index in [0.29, 0.717) is 24.5 Å². The Kier molecular flexibility index (Phi) is 3.62. The molecule has 2 aromatic rings. The molecule has 1 aromatic carbocycles. The Morgan fingerprint density at radius 3 is 2.67 bits per heavy atom. The maximum Gasteiger partial charge on any atom is 0.265 e. The van der Waals surface area contributed by atoms with E-state index in [4.69, 9.17) is 4.74 Å². The minimum Gasteiger partial charge on any atom is -0.497 e. The number of rotatable bonds is 3. The Morgan fingerprint density at radius 1 is 1.29 bits per heavy atom. The first-order valence-corrected chi connectivity index (χ1v) is 8.57. The molecule has 21 heavy (non-hydrogen) atoms. The van der Waals surface area contributed by atoms with E-state index in [2.05, 4.69) is 20.9 Å². The van der Waals surface area contributed by atoms with Crippen LogP contribution in [0.25, 0.3) is 0 Å². The zero-order valence-corrected chi connectivity index (χ0v) is 13.7. The predicted molar refractivity (Wildman–Crippen MR) is 83.2 cm³/mol. The van der Waals surface area contributed by atoms with Gasteiger partial charge in [-0.05, 0) is 58.2 Å². The molecular formula is C14H13BrN2O3S. The highest BCUT2D eigenvalue weighted by Crippen LogP contribution is 2.32. The van der Waals surface area contributed by atoms with Crippen LogP contribution in [0.2, 0.25) is 0 Å². The van der Waals surface area contributed by atoms with Gasteiger partial charge >= 0.3 is 0 Å². The van der Waals surface area contributed by atoms with Gasteiger partial charge in [-0.3, -0.25) is 0 Å². The molecule has 1 aromatic heterocycles. The third-order valence-corrected chi connectivity index (χ3v) is 5.61. The van der Waals surface area contributed by atoms with Crippen molar-refractivity contribution in [1.82, 2.24) is 4.98 Å². The maximum atomic E-state index is 12.7. The number of nitrogens with zero attached hydrogens (tertiary/aromatic N) is 2. The molecule has 5 nitrogen and oxygen atoms in total. The number of sulfonamides is 1. The molecule has 0 amide bonds. The minimum atomic E-state index is -3.59. The SMILES string of the molecule is COc1ccc(S(=O)(=O)N2CCc3cc(Br)cnc32)cc1. The first-order chi connectivity index (χ1) is 10.0. The van der Waals surface area contributed by atoms with Crippen LogP contribution in [0.15, 0.2) is 45.9 Å². The van der Waals surface area contributed by atoms with Gasteiger partial charge in [0.25, 0.3) is 10.0 Å². The molecule has 0 bridgehead atoms. The van der Waals surface area contributed by atoms with Crippen LogP contribution < -0.4 is 9.04 Å². The molecule has 0 saturated carbocycles. The van der Waals surface area contributed by atoms with Crippen LogP contribution in [0.5, 0.6) is 5.75 Å². The van der Waals surface area contributed by atoms with Crippen LogP contribution in [-0.4, -0.2) is 27.1 Å². The zero-order chi connectivity index (χ0) is 15.0. The summed E-state index contributed by atoms with van der Waals surface area (Å²) in [6.45, 7) is 0.410. The second-order valence-electron chi connectivity index (χ2n) is 4.64. The highest BCUT2D eigenvalue weighted by atomic mass is 79.9. The lowest BCUT2D eigenvalue weighted by molar-refractivity contribution is 0.414. The van der Waals surface area contributed by atoms with E-state index in [1.54, 1.807) is 37.6 Å². The molecule has 0 radical (unpaired) electrons. The van der Waals surface area contributed by atoms with E-state index >= 15 is 0 Å². The highest BCUT2D eigenvalue weighted by molar-refractivity contribution is 9.10. The van der Waals surface area contributed by atoms with Gasteiger partial charge in [0, 0.05) is 17.2 Å². The lowest BCUT2D eigenvalue weighted by Crippen LogP contribution is -2.29. The quantitative estimate of drug-likeness (QED) is 0.835. The number of methoxy groups -OCH3 is 1. The first kappa shape index (κ1) is 14.3. The van der Waals surface area contributed by atoms with Gasteiger partial charge in [0.05, 0.1) is 12.0 Å². The average Bonchev–Trinajstić information content (AvgIpc) is 2.91. The fourth-order valence-corrected chi connectivity index (χ4v) is 4.16. The summed E-state index contributed by atoms with van der Waals surface area (Å²) in [4.78, 5) is 4.48. The van der Waals surface area contributed by atoms with Crippen LogP contribution in [0.4, 0.5) is 5.82 Å². The summed E-state index contributed by atoms with van der Waals surface area (Å²) in [7, 11) is -2.05. The molecule has 1 aliphatic heterocycles. The third kappa shape index (κ3) is 2.51. The second-order valence-corrected chi connectivity index (χ2v) is 7.42. The molecule has 3 rings (SSSR count). The van der Waals surface area contributed by atoms with Crippen molar-refractivity contribution in [3.8, 4) is 5.75 Å². The van der Waals surface area contributed by atoms with E-state index < -0.39 is 10.0 Å². The van der Waals surface area contributed by atoms with Crippen molar-refractivity contribution in [3.63, 3.8) is 0 Å². The summed E-state index contributed by atoms with van der Waals surface area (Å²) in [5.74, 6) is 1.13. The second kappa shape index (κ2) is 5.31. The fraction of sp³-hybridized carbons (Fsp3) is 0.214. The van der Waals surface area contributed by atoms with Gasteiger partial charge in [0.1, 0.15) is 11.6 Å². The number of hydrogen-bond donors (Lipinski definition) is 0. The van der Waals surface area contributed by atoms with E-state index in [0.717, 1.165) is 10.0 Å². The van der Waals surface area contributed by atoms with Gasteiger partial charge in [-0.2, -0.15) is 0 Å². The fourth-order valence-electron chi connectivity index (χ4n) is 2.32. The van der Waals surface area contributed by atoms with Crippen molar-refractivity contribution in [2.75, 3.05) is 18.0 Å². The largest absolute Gasteiger partial charge is 0.497 e. The summed E-state index contributed by atoms with van der Waals surface area (Å²) in [6.07, 6.45) is 2.28. The lowest BCUT2D eigenvalue weighted by atomic mass is 10.2. The predicted octanol–water partition coefficient (Wildman–Crippen LogP) is 2.60. The molecule has 0 spiro atoms.